The minimum absolute atomic E-state index is 0. The minimum Gasteiger partial charge on any atom is -0.495 e. The molecular formula is C27H28ClN5O2. The van der Waals surface area contributed by atoms with Crippen molar-refractivity contribution in [3.8, 4) is 22.7 Å². The van der Waals surface area contributed by atoms with E-state index in [0.717, 1.165) is 41.5 Å². The summed E-state index contributed by atoms with van der Waals surface area (Å²) >= 11 is 0. The molecule has 2 heterocycles. The molecular weight excluding hydrogens is 462 g/mol. The van der Waals surface area contributed by atoms with Crippen LogP contribution >= 0.6 is 12.4 Å². The van der Waals surface area contributed by atoms with Gasteiger partial charge in [-0.05, 0) is 24.3 Å². The van der Waals surface area contributed by atoms with Crippen molar-refractivity contribution >= 4 is 29.8 Å². The molecule has 5 rings (SSSR count). The molecule has 0 radical (unpaired) electrons. The van der Waals surface area contributed by atoms with Gasteiger partial charge in [0.25, 0.3) is 0 Å². The van der Waals surface area contributed by atoms with Gasteiger partial charge in [-0.15, -0.1) is 12.4 Å². The Morgan fingerprint density at radius 2 is 1.49 bits per heavy atom. The first kappa shape index (κ1) is 24.2. The molecule has 1 N–H and O–H groups in total. The van der Waals surface area contributed by atoms with Gasteiger partial charge in [-0.3, -0.25) is 0 Å². The van der Waals surface area contributed by atoms with Gasteiger partial charge in [0.15, 0.2) is 0 Å². The number of nitrogens with one attached hydrogen (secondary N) is 1. The van der Waals surface area contributed by atoms with Crippen molar-refractivity contribution in [2.24, 2.45) is 0 Å². The lowest BCUT2D eigenvalue weighted by molar-refractivity contribution is 0.208. The van der Waals surface area contributed by atoms with Crippen molar-refractivity contribution in [1.29, 1.82) is 0 Å². The second-order valence-electron chi connectivity index (χ2n) is 8.11. The van der Waals surface area contributed by atoms with Crippen molar-refractivity contribution in [1.82, 2.24) is 14.7 Å². The summed E-state index contributed by atoms with van der Waals surface area (Å²) in [5.74, 6) is 0.848. The number of carbonyl (C=O) groups is 1. The molecule has 2 amide bonds. The molecule has 1 saturated heterocycles. The van der Waals surface area contributed by atoms with Crippen LogP contribution in [0.15, 0.2) is 91.1 Å². The van der Waals surface area contributed by atoms with E-state index < -0.39 is 0 Å². The summed E-state index contributed by atoms with van der Waals surface area (Å²) in [6.07, 6.45) is 1.88. The van der Waals surface area contributed by atoms with E-state index in [1.807, 2.05) is 90.0 Å². The number of carbonyl (C=O) groups excluding carboxylic acids is 1. The molecule has 4 aromatic rings. The van der Waals surface area contributed by atoms with E-state index in [1.165, 1.54) is 0 Å². The van der Waals surface area contributed by atoms with Crippen molar-refractivity contribution in [3.63, 3.8) is 0 Å². The van der Waals surface area contributed by atoms with Gasteiger partial charge in [-0.1, -0.05) is 60.7 Å². The average molecular weight is 490 g/mol. The van der Waals surface area contributed by atoms with E-state index in [-0.39, 0.29) is 18.4 Å². The summed E-state index contributed by atoms with van der Waals surface area (Å²) in [5.41, 5.74) is 4.37. The number of piperazine rings is 1. The van der Waals surface area contributed by atoms with Crippen LogP contribution in [0.4, 0.5) is 16.2 Å². The zero-order valence-electron chi connectivity index (χ0n) is 19.5. The molecule has 1 aromatic heterocycles. The van der Waals surface area contributed by atoms with Crippen LogP contribution in [-0.2, 0) is 0 Å². The Kier molecular flexibility index (Phi) is 7.57. The molecule has 1 aliphatic rings. The van der Waals surface area contributed by atoms with E-state index in [0.29, 0.717) is 18.8 Å². The number of urea groups is 1. The Morgan fingerprint density at radius 1 is 0.857 bits per heavy atom. The number of hydrogen-bond donors (Lipinski definition) is 1. The maximum Gasteiger partial charge on any atom is 0.322 e. The Bertz CT molecular complexity index is 1260. The zero-order chi connectivity index (χ0) is 23.3. The summed E-state index contributed by atoms with van der Waals surface area (Å²) < 4.78 is 7.31. The van der Waals surface area contributed by atoms with E-state index in [4.69, 9.17) is 9.84 Å². The summed E-state index contributed by atoms with van der Waals surface area (Å²) in [6, 6.07) is 27.7. The third-order valence-electron chi connectivity index (χ3n) is 6.02. The van der Waals surface area contributed by atoms with Crippen LogP contribution in [-0.4, -0.2) is 54.0 Å². The number of aromatic nitrogens is 2. The van der Waals surface area contributed by atoms with E-state index in [1.54, 1.807) is 11.8 Å². The molecule has 180 valence electrons. The molecule has 8 heteroatoms. The highest BCUT2D eigenvalue weighted by Crippen LogP contribution is 2.30. The van der Waals surface area contributed by atoms with E-state index in [9.17, 15) is 4.79 Å². The van der Waals surface area contributed by atoms with Crippen LogP contribution in [0.2, 0.25) is 0 Å². The number of rotatable bonds is 5. The first-order chi connectivity index (χ1) is 16.7. The van der Waals surface area contributed by atoms with Crippen LogP contribution in [0.1, 0.15) is 0 Å². The number of halogens is 1. The molecule has 0 spiro atoms. The van der Waals surface area contributed by atoms with E-state index in [2.05, 4.69) is 16.3 Å². The molecule has 3 aromatic carbocycles. The number of hydrogen-bond acceptors (Lipinski definition) is 4. The highest BCUT2D eigenvalue weighted by molar-refractivity contribution is 5.93. The molecule has 0 bridgehead atoms. The van der Waals surface area contributed by atoms with Gasteiger partial charge in [0, 0.05) is 31.7 Å². The van der Waals surface area contributed by atoms with Gasteiger partial charge in [0.2, 0.25) is 0 Å². The van der Waals surface area contributed by atoms with Crippen LogP contribution in [0, 0.1) is 0 Å². The largest absolute Gasteiger partial charge is 0.495 e. The molecule has 0 saturated carbocycles. The highest BCUT2D eigenvalue weighted by atomic mass is 35.5. The second kappa shape index (κ2) is 11.0. The minimum atomic E-state index is -0.121. The summed E-state index contributed by atoms with van der Waals surface area (Å²) in [7, 11) is 1.68. The Labute approximate surface area is 211 Å². The normalized spacial score (nSPS) is 13.2. The molecule has 1 aliphatic heterocycles. The predicted octanol–water partition coefficient (Wildman–Crippen LogP) is 5.32. The number of methoxy groups -OCH3 is 1. The first-order valence-corrected chi connectivity index (χ1v) is 11.4. The summed E-state index contributed by atoms with van der Waals surface area (Å²) in [5, 5.41) is 7.89. The van der Waals surface area contributed by atoms with Crippen molar-refractivity contribution in [2.45, 2.75) is 0 Å². The lowest BCUT2D eigenvalue weighted by Gasteiger charge is -2.36. The molecule has 1 fully saturated rings. The number of ether oxygens (including phenoxy) is 1. The van der Waals surface area contributed by atoms with Gasteiger partial charge in [0.05, 0.1) is 30.4 Å². The van der Waals surface area contributed by atoms with Crippen molar-refractivity contribution < 1.29 is 9.53 Å². The molecule has 0 atom stereocenters. The van der Waals surface area contributed by atoms with Gasteiger partial charge in [-0.2, -0.15) is 5.10 Å². The number of para-hydroxylation sites is 3. The van der Waals surface area contributed by atoms with Crippen molar-refractivity contribution in [3.05, 3.63) is 91.1 Å². The second-order valence-corrected chi connectivity index (χ2v) is 8.11. The standard InChI is InChI=1S/C27H27N5O2.ClH/c1-34-25-15-9-8-14-24(25)30-16-18-31(19-17-30)27(33)28-23-20-32(22-12-6-3-7-13-22)29-26(23)21-10-4-2-5-11-21;/h2-15,20H,16-19H2,1H3,(H,28,33);1H. The summed E-state index contributed by atoms with van der Waals surface area (Å²) in [6.45, 7) is 2.72. The fraction of sp³-hybridized carbons (Fsp3) is 0.185. The number of amides is 2. The first-order valence-electron chi connectivity index (χ1n) is 11.4. The van der Waals surface area contributed by atoms with Gasteiger partial charge < -0.3 is 19.9 Å². The number of nitrogens with zero attached hydrogens (tertiary/aromatic N) is 4. The van der Waals surface area contributed by atoms with Crippen molar-refractivity contribution in [2.75, 3.05) is 43.5 Å². The fourth-order valence-electron chi connectivity index (χ4n) is 4.22. The molecule has 0 unspecified atom stereocenters. The van der Waals surface area contributed by atoms with Gasteiger partial charge in [-0.25, -0.2) is 9.48 Å². The maximum atomic E-state index is 13.2. The zero-order valence-corrected chi connectivity index (χ0v) is 20.3. The predicted molar refractivity (Wildman–Crippen MR) is 142 cm³/mol. The van der Waals surface area contributed by atoms with Gasteiger partial charge >= 0.3 is 6.03 Å². The van der Waals surface area contributed by atoms with Crippen LogP contribution in [0.5, 0.6) is 5.75 Å². The summed E-state index contributed by atoms with van der Waals surface area (Å²) in [4.78, 5) is 17.3. The highest BCUT2D eigenvalue weighted by Gasteiger charge is 2.24. The number of anilines is 2. The lowest BCUT2D eigenvalue weighted by atomic mass is 10.1. The maximum absolute atomic E-state index is 13.2. The Morgan fingerprint density at radius 3 is 2.17 bits per heavy atom. The molecule has 7 nitrogen and oxygen atoms in total. The SMILES string of the molecule is COc1ccccc1N1CCN(C(=O)Nc2cn(-c3ccccc3)nc2-c2ccccc2)CC1.Cl. The quantitative estimate of drug-likeness (QED) is 0.412. The number of benzene rings is 3. The van der Waals surface area contributed by atoms with Crippen LogP contribution < -0.4 is 15.0 Å². The average Bonchev–Trinajstić information content (AvgIpc) is 3.33. The third kappa shape index (κ3) is 5.25. The molecule has 35 heavy (non-hydrogen) atoms. The topological polar surface area (TPSA) is 62.6 Å². The lowest BCUT2D eigenvalue weighted by Crippen LogP contribution is -2.50. The Balaban J connectivity index is 0.00000289. The molecule has 0 aliphatic carbocycles. The van der Waals surface area contributed by atoms with E-state index >= 15 is 0 Å². The monoisotopic (exact) mass is 489 g/mol. The van der Waals surface area contributed by atoms with Crippen LogP contribution in [0.25, 0.3) is 16.9 Å². The fourth-order valence-corrected chi connectivity index (χ4v) is 4.22. The smallest absolute Gasteiger partial charge is 0.322 e. The van der Waals surface area contributed by atoms with Crippen LogP contribution in [0.3, 0.4) is 0 Å². The van der Waals surface area contributed by atoms with Gasteiger partial charge in [0.1, 0.15) is 11.4 Å². The Hall–Kier alpha value is -3.97. The third-order valence-corrected chi connectivity index (χ3v) is 6.02.